The van der Waals surface area contributed by atoms with E-state index < -0.39 is 17.7 Å². The number of halogens is 3. The summed E-state index contributed by atoms with van der Waals surface area (Å²) in [6, 6.07) is 14.3. The van der Waals surface area contributed by atoms with Gasteiger partial charge in [0.2, 0.25) is 5.69 Å². The van der Waals surface area contributed by atoms with E-state index in [1.165, 1.54) is 12.1 Å². The minimum absolute atomic E-state index is 0.0485. The van der Waals surface area contributed by atoms with Crippen molar-refractivity contribution in [2.24, 2.45) is 0 Å². The Morgan fingerprint density at radius 3 is 2.52 bits per heavy atom. The lowest BCUT2D eigenvalue weighted by molar-refractivity contribution is -0.137. The highest BCUT2D eigenvalue weighted by Gasteiger charge is 2.32. The zero-order valence-electron chi connectivity index (χ0n) is 15.2. The van der Waals surface area contributed by atoms with Crippen LogP contribution in [0.4, 0.5) is 19.0 Å². The highest BCUT2D eigenvalue weighted by Crippen LogP contribution is 2.33. The van der Waals surface area contributed by atoms with Crippen LogP contribution < -0.4 is 4.90 Å². The first-order chi connectivity index (χ1) is 13.8. The fourth-order valence-corrected chi connectivity index (χ4v) is 3.52. The van der Waals surface area contributed by atoms with Crippen LogP contribution in [0.2, 0.25) is 0 Å². The summed E-state index contributed by atoms with van der Waals surface area (Å²) < 4.78 is 39.0. The number of anilines is 1. The number of hydrogen-bond acceptors (Lipinski definition) is 4. The molecule has 1 atom stereocenters. The molecule has 3 aromatic rings. The van der Waals surface area contributed by atoms with Crippen molar-refractivity contribution in [3.8, 4) is 5.69 Å². The number of nitrogens with zero attached hydrogens (tertiary/aromatic N) is 4. The second kappa shape index (κ2) is 7.23. The summed E-state index contributed by atoms with van der Waals surface area (Å²) in [6.45, 7) is 1.15. The third-order valence-corrected chi connectivity index (χ3v) is 4.96. The van der Waals surface area contributed by atoms with Gasteiger partial charge >= 0.3 is 12.1 Å². The molecule has 0 aliphatic carbocycles. The molecule has 4 rings (SSSR count). The molecule has 1 saturated heterocycles. The fourth-order valence-electron chi connectivity index (χ4n) is 3.52. The first-order valence-corrected chi connectivity index (χ1v) is 9.01. The normalized spacial score (nSPS) is 16.9. The van der Waals surface area contributed by atoms with Crippen molar-refractivity contribution < 1.29 is 23.1 Å². The monoisotopic (exact) mass is 402 g/mol. The molecule has 1 aliphatic heterocycles. The minimum Gasteiger partial charge on any atom is -0.476 e. The molecule has 1 fully saturated rings. The lowest BCUT2D eigenvalue weighted by Gasteiger charge is -2.16. The van der Waals surface area contributed by atoms with Gasteiger partial charge in [0.05, 0.1) is 11.3 Å². The zero-order chi connectivity index (χ0) is 20.6. The van der Waals surface area contributed by atoms with E-state index in [0.29, 0.717) is 13.1 Å². The van der Waals surface area contributed by atoms with Gasteiger partial charge in [0.1, 0.15) is 0 Å². The second-order valence-electron chi connectivity index (χ2n) is 6.86. The fraction of sp³-hybridized carbons (Fsp3) is 0.250. The molecule has 2 heterocycles. The topological polar surface area (TPSA) is 71.2 Å². The minimum atomic E-state index is -4.51. The number of carboxylic acids is 1. The second-order valence-corrected chi connectivity index (χ2v) is 6.86. The molecule has 9 heteroatoms. The predicted octanol–water partition coefficient (Wildman–Crippen LogP) is 3.98. The summed E-state index contributed by atoms with van der Waals surface area (Å²) in [4.78, 5) is 14.4. The van der Waals surface area contributed by atoms with Gasteiger partial charge in [0, 0.05) is 19.0 Å². The van der Waals surface area contributed by atoms with Crippen LogP contribution in [-0.4, -0.2) is 39.2 Å². The lowest BCUT2D eigenvalue weighted by atomic mass is 9.99. The Kier molecular flexibility index (Phi) is 4.73. The molecule has 0 saturated carbocycles. The van der Waals surface area contributed by atoms with Gasteiger partial charge in [-0.1, -0.05) is 36.4 Å². The van der Waals surface area contributed by atoms with E-state index in [-0.39, 0.29) is 23.1 Å². The standard InChI is InChI=1S/C20H17F3N4O2/c21-20(22,23)15-7-4-8-16(11-15)27-24-17(19(28)29)18(25-27)26-10-9-14(12-26)13-5-2-1-3-6-13/h1-8,11,14H,9-10,12H2,(H,28,29)/t14-/m0/s1. The Bertz CT molecular complexity index is 1030. The first-order valence-electron chi connectivity index (χ1n) is 9.01. The molecule has 150 valence electrons. The van der Waals surface area contributed by atoms with Gasteiger partial charge in [0.25, 0.3) is 0 Å². The van der Waals surface area contributed by atoms with Crippen LogP contribution in [0.3, 0.4) is 0 Å². The van der Waals surface area contributed by atoms with E-state index >= 15 is 0 Å². The van der Waals surface area contributed by atoms with E-state index in [9.17, 15) is 23.1 Å². The average molecular weight is 402 g/mol. The summed E-state index contributed by atoms with van der Waals surface area (Å²) >= 11 is 0. The third kappa shape index (κ3) is 3.80. The molecule has 0 amide bonds. The average Bonchev–Trinajstić information content (AvgIpc) is 3.35. The molecule has 0 unspecified atom stereocenters. The van der Waals surface area contributed by atoms with E-state index in [1.54, 1.807) is 0 Å². The number of carbonyl (C=O) groups is 1. The molecule has 0 bridgehead atoms. The van der Waals surface area contributed by atoms with Crippen LogP contribution >= 0.6 is 0 Å². The maximum atomic E-state index is 13.0. The van der Waals surface area contributed by atoms with Crippen molar-refractivity contribution in [3.63, 3.8) is 0 Å². The van der Waals surface area contributed by atoms with E-state index in [1.807, 2.05) is 35.2 Å². The number of hydrogen-bond donors (Lipinski definition) is 1. The van der Waals surface area contributed by atoms with Crippen LogP contribution in [0, 0.1) is 0 Å². The first kappa shape index (κ1) is 19.0. The molecular weight excluding hydrogens is 385 g/mol. The molecule has 6 nitrogen and oxygen atoms in total. The number of aromatic carboxylic acids is 1. The summed E-state index contributed by atoms with van der Waals surface area (Å²) in [5.41, 5.74) is 0.0664. The van der Waals surface area contributed by atoms with Crippen molar-refractivity contribution in [2.45, 2.75) is 18.5 Å². The van der Waals surface area contributed by atoms with Crippen LogP contribution in [0.5, 0.6) is 0 Å². The molecule has 1 aromatic heterocycles. The van der Waals surface area contributed by atoms with Crippen LogP contribution in [0.1, 0.15) is 34.0 Å². The summed E-state index contributed by atoms with van der Waals surface area (Å²) in [5.74, 6) is -0.897. The highest BCUT2D eigenvalue weighted by atomic mass is 19.4. The molecule has 0 spiro atoms. The maximum absolute atomic E-state index is 13.0. The summed E-state index contributed by atoms with van der Waals surface area (Å²) in [5, 5.41) is 17.7. The Morgan fingerprint density at radius 2 is 1.83 bits per heavy atom. The number of alkyl halides is 3. The van der Waals surface area contributed by atoms with Gasteiger partial charge in [-0.2, -0.15) is 13.2 Å². The summed E-state index contributed by atoms with van der Waals surface area (Å²) in [7, 11) is 0. The Balaban J connectivity index is 1.66. The molecule has 2 aromatic carbocycles. The smallest absolute Gasteiger partial charge is 0.416 e. The van der Waals surface area contributed by atoms with E-state index in [2.05, 4.69) is 10.2 Å². The van der Waals surface area contributed by atoms with Gasteiger partial charge in [-0.25, -0.2) is 4.79 Å². The van der Waals surface area contributed by atoms with Gasteiger partial charge in [-0.15, -0.1) is 15.0 Å². The van der Waals surface area contributed by atoms with Gasteiger partial charge in [-0.3, -0.25) is 0 Å². The van der Waals surface area contributed by atoms with Gasteiger partial charge in [-0.05, 0) is 30.2 Å². The van der Waals surface area contributed by atoms with Crippen LogP contribution in [0.25, 0.3) is 5.69 Å². The van der Waals surface area contributed by atoms with Crippen molar-refractivity contribution in [1.82, 2.24) is 15.0 Å². The SMILES string of the molecule is O=C(O)c1nn(-c2cccc(C(F)(F)F)c2)nc1N1CC[C@H](c2ccccc2)C1. The third-order valence-electron chi connectivity index (χ3n) is 4.96. The summed E-state index contributed by atoms with van der Waals surface area (Å²) in [6.07, 6.45) is -3.70. The number of aromatic nitrogens is 3. The van der Waals surface area contributed by atoms with Gasteiger partial charge < -0.3 is 10.0 Å². The Hall–Kier alpha value is -3.36. The quantitative estimate of drug-likeness (QED) is 0.715. The van der Waals surface area contributed by atoms with Gasteiger partial charge in [0.15, 0.2) is 5.82 Å². The molecular formula is C20H17F3N4O2. The Morgan fingerprint density at radius 1 is 1.07 bits per heavy atom. The molecule has 1 N–H and O–H groups in total. The molecule has 0 radical (unpaired) electrons. The number of benzene rings is 2. The Labute approximate surface area is 164 Å². The highest BCUT2D eigenvalue weighted by molar-refractivity contribution is 5.91. The van der Waals surface area contributed by atoms with Crippen molar-refractivity contribution in [3.05, 3.63) is 71.4 Å². The maximum Gasteiger partial charge on any atom is 0.416 e. The largest absolute Gasteiger partial charge is 0.476 e. The molecule has 29 heavy (non-hydrogen) atoms. The van der Waals surface area contributed by atoms with E-state index in [0.717, 1.165) is 28.9 Å². The van der Waals surface area contributed by atoms with Crippen molar-refractivity contribution in [2.75, 3.05) is 18.0 Å². The lowest BCUT2D eigenvalue weighted by Crippen LogP contribution is -2.22. The number of rotatable bonds is 4. The number of carboxylic acid groups (broad SMARTS) is 1. The molecule has 1 aliphatic rings. The van der Waals surface area contributed by atoms with Crippen molar-refractivity contribution in [1.29, 1.82) is 0 Å². The van der Waals surface area contributed by atoms with Crippen molar-refractivity contribution >= 4 is 11.8 Å². The van der Waals surface area contributed by atoms with Crippen LogP contribution in [0.15, 0.2) is 54.6 Å². The zero-order valence-corrected chi connectivity index (χ0v) is 15.2. The predicted molar refractivity (Wildman–Crippen MR) is 99.3 cm³/mol. The van der Waals surface area contributed by atoms with E-state index in [4.69, 9.17) is 0 Å². The van der Waals surface area contributed by atoms with Crippen LogP contribution in [-0.2, 0) is 6.18 Å².